The molecule has 2 rings (SSSR count). The number of hydrogen-bond acceptors (Lipinski definition) is 1. The van der Waals surface area contributed by atoms with E-state index in [1.54, 1.807) is 0 Å². The van der Waals surface area contributed by atoms with Crippen molar-refractivity contribution in [3.05, 3.63) is 39.0 Å². The maximum Gasteiger partial charge on any atom is 0.0181 e. The SMILES string of the molecule is NCC1=CCCc2cc(I)ccc21. The first-order chi connectivity index (χ1) is 6.31. The van der Waals surface area contributed by atoms with Crippen molar-refractivity contribution in [2.24, 2.45) is 5.73 Å². The summed E-state index contributed by atoms with van der Waals surface area (Å²) in [6.07, 6.45) is 4.56. The molecule has 1 nitrogen and oxygen atoms in total. The van der Waals surface area contributed by atoms with Crippen LogP contribution >= 0.6 is 22.6 Å². The molecule has 0 fully saturated rings. The Morgan fingerprint density at radius 2 is 2.23 bits per heavy atom. The summed E-state index contributed by atoms with van der Waals surface area (Å²) in [5.41, 5.74) is 9.80. The van der Waals surface area contributed by atoms with E-state index in [1.807, 2.05) is 0 Å². The van der Waals surface area contributed by atoms with Gasteiger partial charge in [0.05, 0.1) is 0 Å². The van der Waals surface area contributed by atoms with E-state index >= 15 is 0 Å². The summed E-state index contributed by atoms with van der Waals surface area (Å²) in [6.45, 7) is 0.660. The highest BCUT2D eigenvalue weighted by atomic mass is 127. The van der Waals surface area contributed by atoms with E-state index < -0.39 is 0 Å². The molecular weight excluding hydrogens is 273 g/mol. The van der Waals surface area contributed by atoms with Crippen LogP contribution in [0.3, 0.4) is 0 Å². The molecule has 68 valence electrons. The van der Waals surface area contributed by atoms with Gasteiger partial charge in [0.2, 0.25) is 0 Å². The topological polar surface area (TPSA) is 26.0 Å². The Labute approximate surface area is 92.2 Å². The van der Waals surface area contributed by atoms with E-state index in [1.165, 1.54) is 20.3 Å². The Morgan fingerprint density at radius 3 is 3.00 bits per heavy atom. The predicted molar refractivity (Wildman–Crippen MR) is 64.5 cm³/mol. The third kappa shape index (κ3) is 1.79. The molecule has 0 saturated heterocycles. The van der Waals surface area contributed by atoms with Gasteiger partial charge in [-0.2, -0.15) is 0 Å². The summed E-state index contributed by atoms with van der Waals surface area (Å²) in [5, 5.41) is 0. The van der Waals surface area contributed by atoms with Crippen LogP contribution in [0.25, 0.3) is 5.57 Å². The van der Waals surface area contributed by atoms with Crippen molar-refractivity contribution in [3.63, 3.8) is 0 Å². The average Bonchev–Trinajstić information content (AvgIpc) is 2.16. The van der Waals surface area contributed by atoms with E-state index in [2.05, 4.69) is 46.9 Å². The fourth-order valence-electron chi connectivity index (χ4n) is 1.79. The molecule has 1 aromatic rings. The molecule has 2 N–H and O–H groups in total. The highest BCUT2D eigenvalue weighted by molar-refractivity contribution is 14.1. The Bertz CT molecular complexity index is 355. The molecule has 0 spiro atoms. The van der Waals surface area contributed by atoms with Gasteiger partial charge in [-0.25, -0.2) is 0 Å². The number of benzene rings is 1. The van der Waals surface area contributed by atoms with Crippen molar-refractivity contribution in [3.8, 4) is 0 Å². The van der Waals surface area contributed by atoms with Crippen molar-refractivity contribution in [2.75, 3.05) is 6.54 Å². The lowest BCUT2D eigenvalue weighted by Crippen LogP contribution is -2.08. The summed E-state index contributed by atoms with van der Waals surface area (Å²) in [7, 11) is 0. The molecule has 0 amide bonds. The summed E-state index contributed by atoms with van der Waals surface area (Å²) in [5.74, 6) is 0. The monoisotopic (exact) mass is 285 g/mol. The molecule has 13 heavy (non-hydrogen) atoms. The minimum Gasteiger partial charge on any atom is -0.326 e. The average molecular weight is 285 g/mol. The van der Waals surface area contributed by atoms with Crippen LogP contribution in [0.4, 0.5) is 0 Å². The van der Waals surface area contributed by atoms with E-state index in [9.17, 15) is 0 Å². The van der Waals surface area contributed by atoms with Crippen LogP contribution < -0.4 is 5.73 Å². The summed E-state index contributed by atoms with van der Waals surface area (Å²) in [4.78, 5) is 0. The van der Waals surface area contributed by atoms with E-state index in [0.717, 1.165) is 12.8 Å². The Kier molecular flexibility index (Phi) is 2.69. The molecule has 0 aromatic heterocycles. The van der Waals surface area contributed by atoms with Gasteiger partial charge in [0.1, 0.15) is 0 Å². The summed E-state index contributed by atoms with van der Waals surface area (Å²) in [6, 6.07) is 6.60. The fraction of sp³-hybridized carbons (Fsp3) is 0.273. The van der Waals surface area contributed by atoms with Gasteiger partial charge >= 0.3 is 0 Å². The van der Waals surface area contributed by atoms with Gasteiger partial charge in [0.25, 0.3) is 0 Å². The molecule has 0 saturated carbocycles. The molecule has 0 radical (unpaired) electrons. The minimum absolute atomic E-state index is 0.660. The van der Waals surface area contributed by atoms with Crippen LogP contribution in [-0.4, -0.2) is 6.54 Å². The first-order valence-electron chi connectivity index (χ1n) is 4.49. The molecule has 0 unspecified atom stereocenters. The number of halogens is 1. The zero-order chi connectivity index (χ0) is 9.26. The van der Waals surface area contributed by atoms with Crippen molar-refractivity contribution in [2.45, 2.75) is 12.8 Å². The van der Waals surface area contributed by atoms with Gasteiger partial charge in [-0.15, -0.1) is 0 Å². The molecule has 1 aromatic carbocycles. The number of rotatable bonds is 1. The summed E-state index contributed by atoms with van der Waals surface area (Å²) < 4.78 is 1.31. The zero-order valence-corrected chi connectivity index (χ0v) is 9.54. The third-order valence-electron chi connectivity index (χ3n) is 2.44. The van der Waals surface area contributed by atoms with E-state index in [4.69, 9.17) is 5.73 Å². The standard InChI is InChI=1S/C11H12IN/c12-10-4-5-11-8(6-10)2-1-3-9(11)7-13/h3-6H,1-2,7,13H2. The van der Waals surface area contributed by atoms with Crippen molar-refractivity contribution < 1.29 is 0 Å². The normalized spacial score (nSPS) is 15.1. The largest absolute Gasteiger partial charge is 0.326 e. The van der Waals surface area contributed by atoms with Gasteiger partial charge in [0, 0.05) is 10.1 Å². The smallest absolute Gasteiger partial charge is 0.0181 e. The van der Waals surface area contributed by atoms with Crippen LogP contribution in [0.15, 0.2) is 24.3 Å². The van der Waals surface area contributed by atoms with Crippen molar-refractivity contribution in [1.29, 1.82) is 0 Å². The van der Waals surface area contributed by atoms with Crippen LogP contribution in [0.1, 0.15) is 17.5 Å². The zero-order valence-electron chi connectivity index (χ0n) is 7.39. The molecule has 0 bridgehead atoms. The highest BCUT2D eigenvalue weighted by Crippen LogP contribution is 2.26. The molecule has 0 heterocycles. The molecule has 1 aliphatic carbocycles. The fourth-order valence-corrected chi connectivity index (χ4v) is 2.34. The second-order valence-electron chi connectivity index (χ2n) is 3.27. The first kappa shape index (κ1) is 9.21. The number of nitrogens with two attached hydrogens (primary N) is 1. The maximum absolute atomic E-state index is 5.69. The van der Waals surface area contributed by atoms with Gasteiger partial charge in [-0.3, -0.25) is 0 Å². The van der Waals surface area contributed by atoms with Gasteiger partial charge in [0.15, 0.2) is 0 Å². The van der Waals surface area contributed by atoms with Gasteiger partial charge in [-0.1, -0.05) is 12.1 Å². The molecular formula is C11H12IN. The predicted octanol–water partition coefficient (Wildman–Crippen LogP) is 2.58. The van der Waals surface area contributed by atoms with Gasteiger partial charge in [-0.05, 0) is 64.3 Å². The van der Waals surface area contributed by atoms with Crippen LogP contribution in [0, 0.1) is 3.57 Å². The lowest BCUT2D eigenvalue weighted by atomic mass is 9.91. The number of allylic oxidation sites excluding steroid dienone is 1. The quantitative estimate of drug-likeness (QED) is 0.789. The van der Waals surface area contributed by atoms with E-state index in [0.29, 0.717) is 6.54 Å². The lowest BCUT2D eigenvalue weighted by Gasteiger charge is -2.16. The highest BCUT2D eigenvalue weighted by Gasteiger charge is 2.10. The molecule has 0 aliphatic heterocycles. The number of hydrogen-bond donors (Lipinski definition) is 1. The molecule has 2 heteroatoms. The Balaban J connectivity index is 2.49. The van der Waals surface area contributed by atoms with Crippen molar-refractivity contribution in [1.82, 2.24) is 0 Å². The maximum atomic E-state index is 5.69. The van der Waals surface area contributed by atoms with Crippen LogP contribution in [0.2, 0.25) is 0 Å². The lowest BCUT2D eigenvalue weighted by molar-refractivity contribution is 0.965. The van der Waals surface area contributed by atoms with Crippen LogP contribution in [0.5, 0.6) is 0 Å². The minimum atomic E-state index is 0.660. The van der Waals surface area contributed by atoms with Crippen LogP contribution in [-0.2, 0) is 6.42 Å². The van der Waals surface area contributed by atoms with Gasteiger partial charge < -0.3 is 5.73 Å². The second-order valence-corrected chi connectivity index (χ2v) is 4.52. The Morgan fingerprint density at radius 1 is 1.38 bits per heavy atom. The number of aryl methyl sites for hydroxylation is 1. The second kappa shape index (κ2) is 3.80. The summed E-state index contributed by atoms with van der Waals surface area (Å²) >= 11 is 2.35. The molecule has 0 atom stereocenters. The number of fused-ring (bicyclic) bond motifs is 1. The first-order valence-corrected chi connectivity index (χ1v) is 5.57. The van der Waals surface area contributed by atoms with E-state index in [-0.39, 0.29) is 0 Å². The van der Waals surface area contributed by atoms with Crippen molar-refractivity contribution >= 4 is 28.2 Å². The molecule has 1 aliphatic rings. The third-order valence-corrected chi connectivity index (χ3v) is 3.11. The Hall–Kier alpha value is -0.350.